The molecular weight excluding hydrogens is 442 g/mol. The smallest absolute Gasteiger partial charge is 0.412 e. The number of hydrogen-bond donors (Lipinski definition) is 1. The molecule has 1 heterocycles. The molecule has 0 aliphatic heterocycles. The summed E-state index contributed by atoms with van der Waals surface area (Å²) in [5, 5.41) is 6.48. The lowest BCUT2D eigenvalue weighted by molar-refractivity contribution is -0.161. The molecule has 1 N–H and O–H groups in total. The first-order valence-corrected chi connectivity index (χ1v) is 9.29. The molecule has 28 heavy (non-hydrogen) atoms. The Hall–Kier alpha value is -1.64. The fourth-order valence-corrected chi connectivity index (χ4v) is 2.85. The van der Waals surface area contributed by atoms with Crippen LogP contribution >= 0.6 is 34.8 Å². The third kappa shape index (κ3) is 4.50. The van der Waals surface area contributed by atoms with Crippen LogP contribution in [0.4, 0.5) is 23.8 Å². The number of alkyl halides is 6. The van der Waals surface area contributed by atoms with E-state index in [-0.39, 0.29) is 24.4 Å². The van der Waals surface area contributed by atoms with Crippen LogP contribution in [-0.4, -0.2) is 32.4 Å². The van der Waals surface area contributed by atoms with Gasteiger partial charge in [-0.05, 0) is 31.9 Å². The van der Waals surface area contributed by atoms with E-state index in [0.29, 0.717) is 5.69 Å². The van der Waals surface area contributed by atoms with Crippen molar-refractivity contribution in [3.05, 3.63) is 41.6 Å². The van der Waals surface area contributed by atoms with Crippen molar-refractivity contribution in [1.82, 2.24) is 9.78 Å². The average molecular weight is 457 g/mol. The Morgan fingerprint density at radius 3 is 2.36 bits per heavy atom. The summed E-state index contributed by atoms with van der Waals surface area (Å²) in [4.78, 5) is 12.0. The van der Waals surface area contributed by atoms with Gasteiger partial charge in [-0.1, -0.05) is 52.5 Å². The van der Waals surface area contributed by atoms with Gasteiger partial charge < -0.3 is 4.74 Å². The van der Waals surface area contributed by atoms with Crippen LogP contribution in [0.3, 0.4) is 0 Å². The van der Waals surface area contributed by atoms with Crippen LogP contribution in [0.25, 0.3) is 5.69 Å². The molecule has 1 aromatic carbocycles. The highest BCUT2D eigenvalue weighted by Crippen LogP contribution is 2.58. The molecule has 1 saturated carbocycles. The number of anilines is 1. The van der Waals surface area contributed by atoms with Gasteiger partial charge >= 0.3 is 12.3 Å². The van der Waals surface area contributed by atoms with Crippen LogP contribution < -0.4 is 5.32 Å². The molecule has 11 heteroatoms. The van der Waals surface area contributed by atoms with Crippen LogP contribution in [0.2, 0.25) is 0 Å². The Labute approximate surface area is 173 Å². The molecule has 1 aromatic heterocycles. The highest BCUT2D eigenvalue weighted by Gasteiger charge is 2.65. The minimum absolute atomic E-state index is 0.0173. The van der Waals surface area contributed by atoms with Gasteiger partial charge in [-0.3, -0.25) is 5.32 Å². The summed E-state index contributed by atoms with van der Waals surface area (Å²) < 4.78 is 44.7. The molecule has 1 amide bonds. The fourth-order valence-electron chi connectivity index (χ4n) is 2.68. The fraction of sp³-hybridized carbons (Fsp3) is 0.412. The number of benzene rings is 1. The van der Waals surface area contributed by atoms with Crippen LogP contribution in [0.1, 0.15) is 24.1 Å². The highest BCUT2D eigenvalue weighted by molar-refractivity contribution is 6.67. The molecule has 5 nitrogen and oxygen atoms in total. The molecule has 0 saturated heterocycles. The van der Waals surface area contributed by atoms with E-state index in [2.05, 4.69) is 10.4 Å². The van der Waals surface area contributed by atoms with Crippen molar-refractivity contribution >= 4 is 46.7 Å². The van der Waals surface area contributed by atoms with Crippen molar-refractivity contribution in [1.29, 1.82) is 0 Å². The summed E-state index contributed by atoms with van der Waals surface area (Å²) in [6.07, 6.45) is -5.54. The molecule has 0 atom stereocenters. The monoisotopic (exact) mass is 455 g/mol. The first-order valence-electron chi connectivity index (χ1n) is 8.16. The number of carbonyl (C=O) groups excluding carboxylic acids is 1. The Kier molecular flexibility index (Phi) is 5.51. The number of ether oxygens (including phenoxy) is 1. The third-order valence-corrected chi connectivity index (χ3v) is 4.70. The minimum atomic E-state index is -4.44. The second-order valence-electron chi connectivity index (χ2n) is 6.56. The number of aromatic nitrogens is 2. The zero-order valence-electron chi connectivity index (χ0n) is 14.5. The SMILES string of the molecule is Cc1ccc(-n2nc(C3(C(F)(F)F)CC3)cc2NC(=O)OCC(Cl)(Cl)Cl)cc1. The molecule has 1 aliphatic carbocycles. The van der Waals surface area contributed by atoms with E-state index in [1.165, 1.54) is 10.7 Å². The zero-order valence-corrected chi connectivity index (χ0v) is 16.8. The molecule has 1 fully saturated rings. The van der Waals surface area contributed by atoms with Gasteiger partial charge in [-0.2, -0.15) is 18.3 Å². The van der Waals surface area contributed by atoms with E-state index >= 15 is 0 Å². The maximum atomic E-state index is 13.5. The Bertz CT molecular complexity index is 872. The first kappa shape index (κ1) is 21.1. The maximum absolute atomic E-state index is 13.5. The molecule has 0 bridgehead atoms. The number of rotatable bonds is 4. The van der Waals surface area contributed by atoms with E-state index in [1.807, 2.05) is 6.92 Å². The summed E-state index contributed by atoms with van der Waals surface area (Å²) in [7, 11) is 0. The first-order chi connectivity index (χ1) is 12.9. The normalized spacial score (nSPS) is 16.0. The maximum Gasteiger partial charge on any atom is 0.412 e. The second kappa shape index (κ2) is 7.31. The Morgan fingerprint density at radius 2 is 1.86 bits per heavy atom. The molecule has 2 aromatic rings. The van der Waals surface area contributed by atoms with E-state index in [0.717, 1.165) is 5.56 Å². The summed E-state index contributed by atoms with van der Waals surface area (Å²) in [6, 6.07) is 8.10. The number of aryl methyl sites for hydroxylation is 1. The van der Waals surface area contributed by atoms with Gasteiger partial charge in [0.25, 0.3) is 0 Å². The zero-order chi connectivity index (χ0) is 20.7. The molecule has 3 rings (SSSR count). The predicted octanol–water partition coefficient (Wildman–Crippen LogP) is 5.69. The molecule has 152 valence electrons. The summed E-state index contributed by atoms with van der Waals surface area (Å²) in [5.74, 6) is 0.0173. The largest absolute Gasteiger partial charge is 0.445 e. The van der Waals surface area contributed by atoms with Crippen molar-refractivity contribution in [2.24, 2.45) is 0 Å². The van der Waals surface area contributed by atoms with Crippen molar-refractivity contribution in [2.45, 2.75) is 35.1 Å². The number of carbonyl (C=O) groups is 1. The quantitative estimate of drug-likeness (QED) is 0.601. The molecule has 0 spiro atoms. The summed E-state index contributed by atoms with van der Waals surface area (Å²) in [6.45, 7) is 1.34. The molecule has 0 radical (unpaired) electrons. The van der Waals surface area contributed by atoms with E-state index in [4.69, 9.17) is 39.5 Å². The number of nitrogens with one attached hydrogen (secondary N) is 1. The van der Waals surface area contributed by atoms with Gasteiger partial charge in [0.05, 0.1) is 11.4 Å². The Balaban J connectivity index is 1.93. The van der Waals surface area contributed by atoms with Crippen molar-refractivity contribution in [2.75, 3.05) is 11.9 Å². The van der Waals surface area contributed by atoms with Crippen LogP contribution in [0, 0.1) is 6.92 Å². The van der Waals surface area contributed by atoms with Gasteiger partial charge in [0, 0.05) is 6.07 Å². The second-order valence-corrected chi connectivity index (χ2v) is 9.07. The number of amides is 1. The summed E-state index contributed by atoms with van der Waals surface area (Å²) in [5.41, 5.74) is -0.730. The minimum Gasteiger partial charge on any atom is -0.445 e. The van der Waals surface area contributed by atoms with Gasteiger partial charge in [0.15, 0.2) is 0 Å². The number of nitrogens with zero attached hydrogens (tertiary/aromatic N) is 2. The van der Waals surface area contributed by atoms with Crippen LogP contribution in [-0.2, 0) is 10.2 Å². The average Bonchev–Trinajstić information content (AvgIpc) is 3.30. The lowest BCUT2D eigenvalue weighted by Crippen LogP contribution is -2.29. The standard InChI is InChI=1S/C17H15Cl3F3N3O2/c1-10-2-4-11(5-3-10)26-13(24-14(27)28-9-16(18,19)20)8-12(25-26)15(6-7-15)17(21,22)23/h2-5,8H,6-7,9H2,1H3,(H,24,27). The van der Waals surface area contributed by atoms with Crippen LogP contribution in [0.15, 0.2) is 30.3 Å². The predicted molar refractivity (Wildman–Crippen MR) is 101 cm³/mol. The summed E-state index contributed by atoms with van der Waals surface area (Å²) >= 11 is 16.6. The van der Waals surface area contributed by atoms with Crippen molar-refractivity contribution < 1.29 is 22.7 Å². The Morgan fingerprint density at radius 1 is 1.25 bits per heavy atom. The lowest BCUT2D eigenvalue weighted by atomic mass is 10.0. The van der Waals surface area contributed by atoms with Crippen LogP contribution in [0.5, 0.6) is 0 Å². The van der Waals surface area contributed by atoms with E-state index < -0.39 is 28.1 Å². The van der Waals surface area contributed by atoms with E-state index in [1.54, 1.807) is 24.3 Å². The van der Waals surface area contributed by atoms with Gasteiger partial charge in [-0.25, -0.2) is 9.48 Å². The molecule has 1 aliphatic rings. The topological polar surface area (TPSA) is 56.2 Å². The third-order valence-electron chi connectivity index (χ3n) is 4.37. The van der Waals surface area contributed by atoms with E-state index in [9.17, 15) is 18.0 Å². The lowest BCUT2D eigenvalue weighted by Gasteiger charge is -2.16. The van der Waals surface area contributed by atoms with Gasteiger partial charge in [0.1, 0.15) is 17.8 Å². The van der Waals surface area contributed by atoms with Crippen molar-refractivity contribution in [3.8, 4) is 5.69 Å². The molecular formula is C17H15Cl3F3N3O2. The number of halogens is 6. The van der Waals surface area contributed by atoms with Gasteiger partial charge in [-0.15, -0.1) is 0 Å². The number of hydrogen-bond acceptors (Lipinski definition) is 3. The van der Waals surface area contributed by atoms with Gasteiger partial charge in [0.2, 0.25) is 3.79 Å². The van der Waals surface area contributed by atoms with Crippen molar-refractivity contribution in [3.63, 3.8) is 0 Å². The molecule has 0 unspecified atom stereocenters. The highest BCUT2D eigenvalue weighted by atomic mass is 35.6.